The van der Waals surface area contributed by atoms with Crippen molar-refractivity contribution in [2.45, 2.75) is 13.0 Å². The first kappa shape index (κ1) is 17.5. The van der Waals surface area contributed by atoms with E-state index < -0.39 is 0 Å². The molecule has 122 valence electrons. The molecule has 0 saturated heterocycles. The van der Waals surface area contributed by atoms with Crippen LogP contribution in [-0.2, 0) is 6.54 Å². The maximum atomic E-state index is 12.0. The van der Waals surface area contributed by atoms with Crippen LogP contribution in [0.4, 0.5) is 0 Å². The first-order chi connectivity index (χ1) is 11.2. The average Bonchev–Trinajstić information content (AvgIpc) is 2.58. The van der Waals surface area contributed by atoms with Gasteiger partial charge in [-0.05, 0) is 37.2 Å². The molecule has 1 amide bonds. The number of benzene rings is 2. The van der Waals surface area contributed by atoms with Gasteiger partial charge in [0.15, 0.2) is 0 Å². The van der Waals surface area contributed by atoms with E-state index in [1.54, 1.807) is 13.2 Å². The maximum Gasteiger partial charge on any atom is 0.251 e. The number of carbonyl (C=O) groups excluding carboxylic acids is 1. The summed E-state index contributed by atoms with van der Waals surface area (Å²) in [5, 5.41) is 6.28. The molecule has 0 atom stereocenters. The number of carbonyl (C=O) groups is 1. The molecule has 23 heavy (non-hydrogen) atoms. The molecule has 0 heterocycles. The van der Waals surface area contributed by atoms with Crippen LogP contribution in [0, 0.1) is 0 Å². The van der Waals surface area contributed by atoms with Gasteiger partial charge < -0.3 is 15.4 Å². The lowest BCUT2D eigenvalue weighted by Crippen LogP contribution is -2.27. The third-order valence-electron chi connectivity index (χ3n) is 3.41. The minimum absolute atomic E-state index is 0.0453. The standard InChI is InChI=1S/C18H21BrN2O2/c1-23-17-9-3-2-6-15(17)13-20-10-5-11-21-18(22)14-7-4-8-16(19)12-14/h2-4,6-9,12,20H,5,10-11,13H2,1H3,(H,21,22). The van der Waals surface area contributed by atoms with Crippen molar-refractivity contribution in [3.8, 4) is 5.75 Å². The van der Waals surface area contributed by atoms with E-state index in [1.807, 2.05) is 42.5 Å². The smallest absolute Gasteiger partial charge is 0.251 e. The van der Waals surface area contributed by atoms with Crippen LogP contribution >= 0.6 is 15.9 Å². The summed E-state index contributed by atoms with van der Waals surface area (Å²) >= 11 is 3.37. The predicted molar refractivity (Wildman–Crippen MR) is 95.8 cm³/mol. The Kier molecular flexibility index (Phi) is 7.10. The lowest BCUT2D eigenvalue weighted by Gasteiger charge is -2.10. The van der Waals surface area contributed by atoms with Crippen molar-refractivity contribution in [2.75, 3.05) is 20.2 Å². The molecule has 0 aliphatic rings. The van der Waals surface area contributed by atoms with Gasteiger partial charge >= 0.3 is 0 Å². The number of hydrogen-bond donors (Lipinski definition) is 2. The SMILES string of the molecule is COc1ccccc1CNCCCNC(=O)c1cccc(Br)c1. The van der Waals surface area contributed by atoms with Gasteiger partial charge in [-0.2, -0.15) is 0 Å². The van der Waals surface area contributed by atoms with Gasteiger partial charge in [0.2, 0.25) is 0 Å². The third kappa shape index (κ3) is 5.69. The fraction of sp³-hybridized carbons (Fsp3) is 0.278. The monoisotopic (exact) mass is 376 g/mol. The zero-order chi connectivity index (χ0) is 16.5. The van der Waals surface area contributed by atoms with Gasteiger partial charge in [0.25, 0.3) is 5.91 Å². The zero-order valence-electron chi connectivity index (χ0n) is 13.1. The van der Waals surface area contributed by atoms with Crippen molar-refractivity contribution in [3.63, 3.8) is 0 Å². The van der Waals surface area contributed by atoms with Gasteiger partial charge in [0.05, 0.1) is 7.11 Å². The van der Waals surface area contributed by atoms with Gasteiger partial charge in [-0.25, -0.2) is 0 Å². The van der Waals surface area contributed by atoms with E-state index in [0.29, 0.717) is 12.1 Å². The van der Waals surface area contributed by atoms with E-state index in [0.717, 1.165) is 35.3 Å². The third-order valence-corrected chi connectivity index (χ3v) is 3.90. The van der Waals surface area contributed by atoms with Crippen LogP contribution in [0.3, 0.4) is 0 Å². The summed E-state index contributed by atoms with van der Waals surface area (Å²) in [6, 6.07) is 15.3. The van der Waals surface area contributed by atoms with Crippen molar-refractivity contribution in [3.05, 3.63) is 64.1 Å². The van der Waals surface area contributed by atoms with Crippen LogP contribution in [0.2, 0.25) is 0 Å². The molecule has 0 aliphatic carbocycles. The van der Waals surface area contributed by atoms with E-state index in [2.05, 4.69) is 26.6 Å². The fourth-order valence-electron chi connectivity index (χ4n) is 2.22. The van der Waals surface area contributed by atoms with Gasteiger partial charge in [-0.3, -0.25) is 4.79 Å². The number of amides is 1. The second-order valence-electron chi connectivity index (χ2n) is 5.11. The van der Waals surface area contributed by atoms with E-state index >= 15 is 0 Å². The molecule has 0 aromatic heterocycles. The molecule has 5 heteroatoms. The van der Waals surface area contributed by atoms with Gasteiger partial charge in [-0.15, -0.1) is 0 Å². The van der Waals surface area contributed by atoms with Gasteiger partial charge in [0, 0.05) is 28.7 Å². The highest BCUT2D eigenvalue weighted by Crippen LogP contribution is 2.16. The Labute approximate surface area is 145 Å². The van der Waals surface area contributed by atoms with Crippen LogP contribution in [0.5, 0.6) is 5.75 Å². The van der Waals surface area contributed by atoms with E-state index in [-0.39, 0.29) is 5.91 Å². The van der Waals surface area contributed by atoms with Crippen LogP contribution in [0.1, 0.15) is 22.3 Å². The summed E-state index contributed by atoms with van der Waals surface area (Å²) in [6.45, 7) is 2.23. The number of methoxy groups -OCH3 is 1. The Hall–Kier alpha value is -1.85. The highest BCUT2D eigenvalue weighted by atomic mass is 79.9. The molecule has 2 rings (SSSR count). The van der Waals surface area contributed by atoms with Crippen molar-refractivity contribution in [2.24, 2.45) is 0 Å². The Morgan fingerprint density at radius 1 is 1.13 bits per heavy atom. The topological polar surface area (TPSA) is 50.4 Å². The minimum atomic E-state index is -0.0453. The Morgan fingerprint density at radius 2 is 1.96 bits per heavy atom. The van der Waals surface area contributed by atoms with E-state index in [9.17, 15) is 4.79 Å². The minimum Gasteiger partial charge on any atom is -0.496 e. The molecule has 4 nitrogen and oxygen atoms in total. The van der Waals surface area contributed by atoms with E-state index in [1.165, 1.54) is 0 Å². The molecule has 0 unspecified atom stereocenters. The summed E-state index contributed by atoms with van der Waals surface area (Å²) in [5.74, 6) is 0.846. The van der Waals surface area contributed by atoms with Crippen LogP contribution in [0.25, 0.3) is 0 Å². The largest absolute Gasteiger partial charge is 0.496 e. The highest BCUT2D eigenvalue weighted by Gasteiger charge is 2.04. The second kappa shape index (κ2) is 9.33. The molecule has 0 bridgehead atoms. The van der Waals surface area contributed by atoms with Crippen LogP contribution < -0.4 is 15.4 Å². The van der Waals surface area contributed by atoms with Crippen molar-refractivity contribution in [1.82, 2.24) is 10.6 Å². The normalized spacial score (nSPS) is 10.3. The fourth-order valence-corrected chi connectivity index (χ4v) is 2.62. The number of para-hydroxylation sites is 1. The number of halogens is 1. The summed E-state index contributed by atoms with van der Waals surface area (Å²) in [4.78, 5) is 12.0. The number of rotatable bonds is 8. The molecule has 2 aromatic carbocycles. The highest BCUT2D eigenvalue weighted by molar-refractivity contribution is 9.10. The van der Waals surface area contributed by atoms with Gasteiger partial charge in [0.1, 0.15) is 5.75 Å². The molecule has 0 fully saturated rings. The second-order valence-corrected chi connectivity index (χ2v) is 6.02. The molecule has 0 aliphatic heterocycles. The van der Waals surface area contributed by atoms with Crippen LogP contribution in [0.15, 0.2) is 53.0 Å². The molecular weight excluding hydrogens is 356 g/mol. The first-order valence-electron chi connectivity index (χ1n) is 7.57. The quantitative estimate of drug-likeness (QED) is 0.694. The Bertz CT molecular complexity index is 646. The molecule has 0 radical (unpaired) electrons. The first-order valence-corrected chi connectivity index (χ1v) is 8.36. The average molecular weight is 377 g/mol. The predicted octanol–water partition coefficient (Wildman–Crippen LogP) is 3.37. The van der Waals surface area contributed by atoms with Crippen molar-refractivity contribution >= 4 is 21.8 Å². The Morgan fingerprint density at radius 3 is 2.74 bits per heavy atom. The number of nitrogens with one attached hydrogen (secondary N) is 2. The number of ether oxygens (including phenoxy) is 1. The number of hydrogen-bond acceptors (Lipinski definition) is 3. The molecule has 2 aromatic rings. The summed E-state index contributed by atoms with van der Waals surface area (Å²) in [7, 11) is 1.68. The lowest BCUT2D eigenvalue weighted by molar-refractivity contribution is 0.0953. The summed E-state index contributed by atoms with van der Waals surface area (Å²) < 4.78 is 6.22. The van der Waals surface area contributed by atoms with E-state index in [4.69, 9.17) is 4.74 Å². The Balaban J connectivity index is 1.65. The maximum absolute atomic E-state index is 12.0. The lowest BCUT2D eigenvalue weighted by atomic mass is 10.2. The van der Waals surface area contributed by atoms with Crippen LogP contribution in [-0.4, -0.2) is 26.1 Å². The zero-order valence-corrected chi connectivity index (χ0v) is 14.7. The molecule has 2 N–H and O–H groups in total. The van der Waals surface area contributed by atoms with Crippen molar-refractivity contribution in [1.29, 1.82) is 0 Å². The molecule has 0 spiro atoms. The molecule has 0 saturated carbocycles. The summed E-state index contributed by atoms with van der Waals surface area (Å²) in [5.41, 5.74) is 1.80. The molecular formula is C18H21BrN2O2. The van der Waals surface area contributed by atoms with Gasteiger partial charge in [-0.1, -0.05) is 40.2 Å². The summed E-state index contributed by atoms with van der Waals surface area (Å²) in [6.07, 6.45) is 0.870. The van der Waals surface area contributed by atoms with Crippen molar-refractivity contribution < 1.29 is 9.53 Å².